The highest BCUT2D eigenvalue weighted by Crippen LogP contribution is 2.44. The van der Waals surface area contributed by atoms with Crippen LogP contribution in [0.2, 0.25) is 0 Å². The smallest absolute Gasteiger partial charge is 0.227 e. The fourth-order valence-electron chi connectivity index (χ4n) is 2.73. The number of thiocarbonyl (C=S) groups is 2. The summed E-state index contributed by atoms with van der Waals surface area (Å²) in [6.07, 6.45) is 0. The van der Waals surface area contributed by atoms with Crippen molar-refractivity contribution in [1.82, 2.24) is 20.0 Å². The second kappa shape index (κ2) is 3.29. The molecule has 2 rings (SSSR count). The van der Waals surface area contributed by atoms with E-state index < -0.39 is 11.3 Å². The summed E-state index contributed by atoms with van der Waals surface area (Å²) in [6.45, 7) is 5.48. The Hall–Kier alpha value is -0.950. The fourth-order valence-corrected chi connectivity index (χ4v) is 3.60. The van der Waals surface area contributed by atoms with Crippen LogP contribution in [0, 0.1) is 0 Å². The predicted octanol–water partition coefficient (Wildman–Crippen LogP) is 0.318. The standard InChI is InChI=1S/C10H16N4OS2/c1-6(15)14-8(17)13(5)10(3)9(14,2)11-7(16)12(10)4/h1-5H3,(H,11,16)/t9-,10+/m1/s1. The zero-order chi connectivity index (χ0) is 13.2. The van der Waals surface area contributed by atoms with Gasteiger partial charge in [0.2, 0.25) is 5.91 Å². The zero-order valence-electron chi connectivity index (χ0n) is 10.6. The number of hydrogen-bond donors (Lipinski definition) is 1. The van der Waals surface area contributed by atoms with Crippen molar-refractivity contribution in [2.75, 3.05) is 14.1 Å². The molecule has 94 valence electrons. The van der Waals surface area contributed by atoms with E-state index in [0.717, 1.165) is 0 Å². The number of hydrogen-bond acceptors (Lipinski definition) is 3. The maximum Gasteiger partial charge on any atom is 0.227 e. The summed E-state index contributed by atoms with van der Waals surface area (Å²) in [5.41, 5.74) is -1.09. The van der Waals surface area contributed by atoms with Crippen molar-refractivity contribution in [2.45, 2.75) is 32.1 Å². The van der Waals surface area contributed by atoms with Gasteiger partial charge in [-0.05, 0) is 38.3 Å². The van der Waals surface area contributed by atoms with Gasteiger partial charge in [-0.1, -0.05) is 0 Å². The number of nitrogens with zero attached hydrogens (tertiary/aromatic N) is 3. The van der Waals surface area contributed by atoms with Gasteiger partial charge in [-0.2, -0.15) is 0 Å². The van der Waals surface area contributed by atoms with Crippen LogP contribution in [0.25, 0.3) is 0 Å². The van der Waals surface area contributed by atoms with Gasteiger partial charge >= 0.3 is 0 Å². The van der Waals surface area contributed by atoms with Crippen LogP contribution in [0.15, 0.2) is 0 Å². The minimum absolute atomic E-state index is 0.0846. The van der Waals surface area contributed by atoms with Gasteiger partial charge in [0.25, 0.3) is 0 Å². The molecular weight excluding hydrogens is 256 g/mol. The van der Waals surface area contributed by atoms with E-state index in [4.69, 9.17) is 24.4 Å². The molecule has 2 atom stereocenters. The van der Waals surface area contributed by atoms with Gasteiger partial charge in [-0.3, -0.25) is 9.69 Å². The SMILES string of the molecule is CC(=O)N1C(=S)N(C)[C@]2(C)N(C)C(=S)N[C@]12C. The Bertz CT molecular complexity index is 440. The summed E-state index contributed by atoms with van der Waals surface area (Å²) in [6, 6.07) is 0. The number of amides is 1. The van der Waals surface area contributed by atoms with E-state index in [9.17, 15) is 4.79 Å². The van der Waals surface area contributed by atoms with Gasteiger partial charge in [0.1, 0.15) is 0 Å². The topological polar surface area (TPSA) is 38.8 Å². The van der Waals surface area contributed by atoms with Gasteiger partial charge in [-0.25, -0.2) is 0 Å². The highest BCUT2D eigenvalue weighted by atomic mass is 32.1. The Labute approximate surface area is 112 Å². The Morgan fingerprint density at radius 1 is 1.24 bits per heavy atom. The van der Waals surface area contributed by atoms with Crippen molar-refractivity contribution >= 4 is 40.6 Å². The molecule has 0 aromatic rings. The van der Waals surface area contributed by atoms with E-state index in [0.29, 0.717) is 10.2 Å². The van der Waals surface area contributed by atoms with E-state index in [1.54, 1.807) is 4.90 Å². The summed E-state index contributed by atoms with van der Waals surface area (Å²) in [5.74, 6) is -0.0846. The molecule has 5 nitrogen and oxygen atoms in total. The molecule has 0 aromatic heterocycles. The zero-order valence-corrected chi connectivity index (χ0v) is 12.2. The summed E-state index contributed by atoms with van der Waals surface area (Å²) in [4.78, 5) is 17.3. The number of rotatable bonds is 0. The monoisotopic (exact) mass is 272 g/mol. The number of fused-ring (bicyclic) bond motifs is 1. The van der Waals surface area contributed by atoms with Crippen molar-refractivity contribution in [1.29, 1.82) is 0 Å². The third-order valence-corrected chi connectivity index (χ3v) is 4.96. The predicted molar refractivity (Wildman–Crippen MR) is 73.2 cm³/mol. The molecule has 0 spiro atoms. The van der Waals surface area contributed by atoms with E-state index in [-0.39, 0.29) is 5.91 Å². The average Bonchev–Trinajstić information content (AvgIpc) is 2.47. The third-order valence-electron chi connectivity index (χ3n) is 4.12. The van der Waals surface area contributed by atoms with Gasteiger partial charge in [0.15, 0.2) is 21.6 Å². The Kier molecular flexibility index (Phi) is 2.42. The fraction of sp³-hybridized carbons (Fsp3) is 0.700. The maximum absolute atomic E-state index is 11.8. The van der Waals surface area contributed by atoms with Gasteiger partial charge in [-0.15, -0.1) is 0 Å². The highest BCUT2D eigenvalue weighted by Gasteiger charge is 2.67. The van der Waals surface area contributed by atoms with E-state index in [2.05, 4.69) is 5.32 Å². The molecule has 17 heavy (non-hydrogen) atoms. The molecule has 2 saturated heterocycles. The number of likely N-dealkylation sites (N-methyl/N-ethyl adjacent to an activating group) is 2. The lowest BCUT2D eigenvalue weighted by Crippen LogP contribution is -2.63. The molecule has 0 aliphatic carbocycles. The average molecular weight is 272 g/mol. The van der Waals surface area contributed by atoms with Gasteiger partial charge in [0.05, 0.1) is 0 Å². The van der Waals surface area contributed by atoms with Crippen molar-refractivity contribution < 1.29 is 4.79 Å². The van der Waals surface area contributed by atoms with E-state index in [1.165, 1.54) is 6.92 Å². The number of carbonyl (C=O) groups excluding carboxylic acids is 1. The lowest BCUT2D eigenvalue weighted by molar-refractivity contribution is -0.130. The van der Waals surface area contributed by atoms with Crippen LogP contribution >= 0.6 is 24.4 Å². The lowest BCUT2D eigenvalue weighted by Gasteiger charge is -2.41. The van der Waals surface area contributed by atoms with Crippen LogP contribution in [0.3, 0.4) is 0 Å². The Morgan fingerprint density at radius 2 is 1.76 bits per heavy atom. The molecule has 2 aliphatic heterocycles. The molecular formula is C10H16N4OS2. The quantitative estimate of drug-likeness (QED) is 0.640. The van der Waals surface area contributed by atoms with Gasteiger partial charge in [0, 0.05) is 21.0 Å². The Balaban J connectivity index is 2.63. The van der Waals surface area contributed by atoms with Crippen LogP contribution in [-0.4, -0.2) is 56.3 Å². The third kappa shape index (κ3) is 1.16. The van der Waals surface area contributed by atoms with Crippen molar-refractivity contribution in [3.05, 3.63) is 0 Å². The summed E-state index contributed by atoms with van der Waals surface area (Å²) in [7, 11) is 3.79. The molecule has 7 heteroatoms. The second-order valence-electron chi connectivity index (χ2n) is 4.78. The first-order valence-corrected chi connectivity index (χ1v) is 6.14. The first kappa shape index (κ1) is 12.5. The molecule has 1 amide bonds. The molecule has 2 aliphatic rings. The minimum Gasteiger partial charge on any atom is -0.336 e. The Morgan fingerprint density at radius 3 is 2.24 bits per heavy atom. The van der Waals surface area contributed by atoms with Crippen LogP contribution < -0.4 is 5.32 Å². The second-order valence-corrected chi connectivity index (χ2v) is 5.53. The van der Waals surface area contributed by atoms with Crippen molar-refractivity contribution in [3.63, 3.8) is 0 Å². The molecule has 0 bridgehead atoms. The molecule has 0 saturated carbocycles. The molecule has 2 heterocycles. The molecule has 0 radical (unpaired) electrons. The first-order chi connectivity index (χ1) is 7.68. The highest BCUT2D eigenvalue weighted by molar-refractivity contribution is 7.80. The minimum atomic E-state index is -0.628. The first-order valence-electron chi connectivity index (χ1n) is 5.32. The maximum atomic E-state index is 11.8. The number of carbonyl (C=O) groups is 1. The van der Waals surface area contributed by atoms with Gasteiger partial charge < -0.3 is 15.1 Å². The van der Waals surface area contributed by atoms with E-state index in [1.807, 2.05) is 37.7 Å². The molecule has 1 N–H and O–H groups in total. The lowest BCUT2D eigenvalue weighted by atomic mass is 9.97. The summed E-state index contributed by atoms with van der Waals surface area (Å²) < 4.78 is 0. The van der Waals surface area contributed by atoms with Crippen LogP contribution in [-0.2, 0) is 4.79 Å². The normalized spacial score (nSPS) is 36.4. The summed E-state index contributed by atoms with van der Waals surface area (Å²) >= 11 is 10.6. The van der Waals surface area contributed by atoms with E-state index >= 15 is 0 Å². The van der Waals surface area contributed by atoms with Crippen LogP contribution in [0.5, 0.6) is 0 Å². The summed E-state index contributed by atoms with van der Waals surface area (Å²) in [5, 5.41) is 4.35. The van der Waals surface area contributed by atoms with Crippen LogP contribution in [0.4, 0.5) is 0 Å². The van der Waals surface area contributed by atoms with Crippen molar-refractivity contribution in [3.8, 4) is 0 Å². The largest absolute Gasteiger partial charge is 0.336 e. The molecule has 0 aromatic carbocycles. The van der Waals surface area contributed by atoms with Crippen molar-refractivity contribution in [2.24, 2.45) is 0 Å². The molecule has 0 unspecified atom stereocenters. The number of nitrogens with one attached hydrogen (secondary N) is 1. The molecule has 2 fully saturated rings. The van der Waals surface area contributed by atoms with Crippen LogP contribution in [0.1, 0.15) is 20.8 Å².